The van der Waals surface area contributed by atoms with Crippen LogP contribution in [-0.4, -0.2) is 13.2 Å². The van der Waals surface area contributed by atoms with Gasteiger partial charge in [0, 0.05) is 0 Å². The Labute approximate surface area is 202 Å². The lowest BCUT2D eigenvalue weighted by Gasteiger charge is -2.07. The van der Waals surface area contributed by atoms with Crippen molar-refractivity contribution in [2.45, 2.75) is 40.5 Å². The van der Waals surface area contributed by atoms with Gasteiger partial charge in [-0.25, -0.2) is 0 Å². The van der Waals surface area contributed by atoms with Gasteiger partial charge in [0.1, 0.15) is 11.5 Å². The van der Waals surface area contributed by atoms with Crippen LogP contribution in [0.1, 0.15) is 40.5 Å². The molecule has 0 aromatic heterocycles. The average Bonchev–Trinajstić information content (AvgIpc) is 2.83. The number of rotatable bonds is 12. The molecule has 0 unspecified atom stereocenters. The van der Waals surface area contributed by atoms with Crippen LogP contribution in [0.5, 0.6) is 11.5 Å². The van der Waals surface area contributed by atoms with Gasteiger partial charge in [0.05, 0.1) is 36.0 Å². The van der Waals surface area contributed by atoms with E-state index in [1.807, 2.05) is 72.8 Å². The largest absolute Gasteiger partial charge is 0.494 e. The second kappa shape index (κ2) is 13.2. The predicted molar refractivity (Wildman–Crippen MR) is 138 cm³/mol. The molecule has 0 aliphatic heterocycles. The molecule has 34 heavy (non-hydrogen) atoms. The maximum Gasteiger partial charge on any atom is 0.119 e. The van der Waals surface area contributed by atoms with Crippen LogP contribution in [0.3, 0.4) is 0 Å². The zero-order valence-electron chi connectivity index (χ0n) is 20.5. The summed E-state index contributed by atoms with van der Waals surface area (Å²) in [6.07, 6.45) is 2.08. The molecule has 0 amide bonds. The minimum atomic E-state index is 0.631. The molecule has 0 saturated heterocycles. The van der Waals surface area contributed by atoms with E-state index in [9.17, 15) is 0 Å². The van der Waals surface area contributed by atoms with E-state index in [0.29, 0.717) is 11.8 Å². The van der Waals surface area contributed by atoms with Gasteiger partial charge in [-0.1, -0.05) is 27.7 Å². The minimum absolute atomic E-state index is 0.631. The Bertz CT molecular complexity index is 955. The van der Waals surface area contributed by atoms with E-state index in [4.69, 9.17) is 9.47 Å². The normalized spacial score (nSPS) is 11.7. The van der Waals surface area contributed by atoms with Crippen LogP contribution in [0.15, 0.2) is 93.3 Å². The van der Waals surface area contributed by atoms with E-state index in [0.717, 1.165) is 60.3 Å². The molecule has 0 N–H and O–H groups in total. The second-order valence-electron chi connectivity index (χ2n) is 8.97. The van der Waals surface area contributed by atoms with E-state index in [1.54, 1.807) is 0 Å². The molecule has 6 nitrogen and oxygen atoms in total. The Kier molecular flexibility index (Phi) is 9.77. The zero-order chi connectivity index (χ0) is 24.2. The third kappa shape index (κ3) is 9.14. The fourth-order valence-electron chi connectivity index (χ4n) is 2.86. The summed E-state index contributed by atoms with van der Waals surface area (Å²) in [6.45, 7) is 10.2. The first-order valence-corrected chi connectivity index (χ1v) is 11.9. The SMILES string of the molecule is CC(C)CCOc1ccc(N=Nc2ccc(N=Nc3ccc(OCCC(C)C)cc3)cc2)cc1. The van der Waals surface area contributed by atoms with Gasteiger partial charge < -0.3 is 9.47 Å². The molecular weight excluding hydrogens is 424 g/mol. The predicted octanol–water partition coefficient (Wildman–Crippen LogP) is 9.37. The lowest BCUT2D eigenvalue weighted by molar-refractivity contribution is 0.289. The van der Waals surface area contributed by atoms with Gasteiger partial charge in [-0.15, -0.1) is 0 Å². The molecule has 0 aliphatic carbocycles. The molecule has 0 atom stereocenters. The molecule has 178 valence electrons. The highest BCUT2D eigenvalue weighted by Crippen LogP contribution is 2.25. The summed E-state index contributed by atoms with van der Waals surface area (Å²) in [5, 5.41) is 17.2. The van der Waals surface area contributed by atoms with Gasteiger partial charge in [0.15, 0.2) is 0 Å². The zero-order valence-corrected chi connectivity index (χ0v) is 20.5. The standard InChI is InChI=1S/C28H34N4O2/c1-21(2)17-19-33-27-13-9-25(10-14-27)31-29-23-5-7-24(8-6-23)30-32-26-11-15-28(16-12-26)34-20-18-22(3)4/h5-16,21-22H,17-20H2,1-4H3. The van der Waals surface area contributed by atoms with Gasteiger partial charge in [0.25, 0.3) is 0 Å². The highest BCUT2D eigenvalue weighted by atomic mass is 16.5. The van der Waals surface area contributed by atoms with Crippen LogP contribution in [0.4, 0.5) is 22.7 Å². The lowest BCUT2D eigenvalue weighted by Crippen LogP contribution is -2.00. The molecule has 0 heterocycles. The maximum atomic E-state index is 5.73. The molecule has 3 aromatic carbocycles. The first-order chi connectivity index (χ1) is 16.5. The first kappa shape index (κ1) is 25.1. The van der Waals surface area contributed by atoms with Crippen molar-refractivity contribution in [3.63, 3.8) is 0 Å². The number of nitrogens with zero attached hydrogens (tertiary/aromatic N) is 4. The van der Waals surface area contributed by atoms with Crippen LogP contribution in [0, 0.1) is 11.8 Å². The summed E-state index contributed by atoms with van der Waals surface area (Å²) in [4.78, 5) is 0. The summed E-state index contributed by atoms with van der Waals surface area (Å²) >= 11 is 0. The summed E-state index contributed by atoms with van der Waals surface area (Å²) in [7, 11) is 0. The van der Waals surface area contributed by atoms with Crippen molar-refractivity contribution in [1.82, 2.24) is 0 Å². The van der Waals surface area contributed by atoms with E-state index < -0.39 is 0 Å². The van der Waals surface area contributed by atoms with Crippen molar-refractivity contribution in [3.8, 4) is 11.5 Å². The first-order valence-electron chi connectivity index (χ1n) is 11.9. The van der Waals surface area contributed by atoms with Gasteiger partial charge in [-0.05, 0) is 97.5 Å². The topological polar surface area (TPSA) is 67.9 Å². The lowest BCUT2D eigenvalue weighted by atomic mass is 10.1. The van der Waals surface area contributed by atoms with E-state index in [-0.39, 0.29) is 0 Å². The van der Waals surface area contributed by atoms with Crippen molar-refractivity contribution in [1.29, 1.82) is 0 Å². The summed E-state index contributed by atoms with van der Waals surface area (Å²) in [6, 6.07) is 22.7. The highest BCUT2D eigenvalue weighted by molar-refractivity contribution is 5.48. The quantitative estimate of drug-likeness (QED) is 0.254. The fraction of sp³-hybridized carbons (Fsp3) is 0.357. The molecule has 0 fully saturated rings. The van der Waals surface area contributed by atoms with Crippen LogP contribution in [0.25, 0.3) is 0 Å². The highest BCUT2D eigenvalue weighted by Gasteiger charge is 1.99. The van der Waals surface area contributed by atoms with Gasteiger partial charge in [-0.3, -0.25) is 0 Å². The summed E-state index contributed by atoms with van der Waals surface area (Å²) in [5.41, 5.74) is 3.05. The molecule has 0 spiro atoms. The molecule has 3 rings (SSSR count). The summed E-state index contributed by atoms with van der Waals surface area (Å²) in [5.74, 6) is 2.96. The van der Waals surface area contributed by atoms with Crippen molar-refractivity contribution in [3.05, 3.63) is 72.8 Å². The average molecular weight is 459 g/mol. The molecule has 0 aliphatic rings. The number of ether oxygens (including phenoxy) is 2. The second-order valence-corrected chi connectivity index (χ2v) is 8.97. The molecule has 3 aromatic rings. The van der Waals surface area contributed by atoms with Gasteiger partial charge >= 0.3 is 0 Å². The van der Waals surface area contributed by atoms with Crippen molar-refractivity contribution in [2.24, 2.45) is 32.3 Å². The summed E-state index contributed by atoms with van der Waals surface area (Å²) < 4.78 is 11.5. The monoisotopic (exact) mass is 458 g/mol. The van der Waals surface area contributed by atoms with Crippen molar-refractivity contribution in [2.75, 3.05) is 13.2 Å². The molecule has 0 bridgehead atoms. The van der Waals surface area contributed by atoms with Crippen LogP contribution < -0.4 is 9.47 Å². The smallest absolute Gasteiger partial charge is 0.119 e. The van der Waals surface area contributed by atoms with Crippen LogP contribution in [-0.2, 0) is 0 Å². The Hall–Kier alpha value is -3.54. The Balaban J connectivity index is 1.49. The van der Waals surface area contributed by atoms with Crippen molar-refractivity contribution >= 4 is 22.7 Å². The van der Waals surface area contributed by atoms with Crippen LogP contribution in [0.2, 0.25) is 0 Å². The third-order valence-electron chi connectivity index (χ3n) is 5.01. The number of hydrogen-bond donors (Lipinski definition) is 0. The number of azo groups is 2. The Morgan fingerprint density at radius 2 is 0.735 bits per heavy atom. The Morgan fingerprint density at radius 3 is 1.00 bits per heavy atom. The van der Waals surface area contributed by atoms with E-state index >= 15 is 0 Å². The number of hydrogen-bond acceptors (Lipinski definition) is 6. The molecule has 0 saturated carbocycles. The van der Waals surface area contributed by atoms with Gasteiger partial charge in [0.2, 0.25) is 0 Å². The molecule has 6 heteroatoms. The molecule has 0 radical (unpaired) electrons. The van der Waals surface area contributed by atoms with E-state index in [2.05, 4.69) is 48.2 Å². The third-order valence-corrected chi connectivity index (χ3v) is 5.01. The van der Waals surface area contributed by atoms with Crippen molar-refractivity contribution < 1.29 is 9.47 Å². The van der Waals surface area contributed by atoms with Crippen LogP contribution >= 0.6 is 0 Å². The minimum Gasteiger partial charge on any atom is -0.494 e. The Morgan fingerprint density at radius 1 is 0.471 bits per heavy atom. The molecular formula is C28H34N4O2. The van der Waals surface area contributed by atoms with E-state index in [1.165, 1.54) is 0 Å². The maximum absolute atomic E-state index is 5.73. The number of benzene rings is 3. The van der Waals surface area contributed by atoms with Gasteiger partial charge in [-0.2, -0.15) is 20.5 Å². The fourth-order valence-corrected chi connectivity index (χ4v) is 2.86.